The lowest BCUT2D eigenvalue weighted by molar-refractivity contribution is 0.408. The van der Waals surface area contributed by atoms with Gasteiger partial charge in [-0.2, -0.15) is 0 Å². The van der Waals surface area contributed by atoms with Gasteiger partial charge in [-0.25, -0.2) is 0 Å². The van der Waals surface area contributed by atoms with Crippen LogP contribution in [-0.4, -0.2) is 24.6 Å². The third kappa shape index (κ3) is 45.1. The molecule has 0 aliphatic carbocycles. The van der Waals surface area contributed by atoms with Crippen LogP contribution in [0.1, 0.15) is 0 Å². The molecule has 0 fully saturated rings. The summed E-state index contributed by atoms with van der Waals surface area (Å²) in [7, 11) is 2.87. The van der Waals surface area contributed by atoms with Crippen molar-refractivity contribution in [2.45, 2.75) is 0 Å². The summed E-state index contributed by atoms with van der Waals surface area (Å²) in [6, 6.07) is 0. The van der Waals surface area contributed by atoms with Crippen LogP contribution >= 0.6 is 24.4 Å². The lowest BCUT2D eigenvalue weighted by Crippen LogP contribution is -2.08. The van der Waals surface area contributed by atoms with Gasteiger partial charge in [0, 0.05) is 0 Å². The van der Waals surface area contributed by atoms with Gasteiger partial charge in [0.15, 0.2) is 0 Å². The van der Waals surface area contributed by atoms with Crippen LogP contribution < -0.4 is 17.6 Å². The standard InChI is InChI=1S/2C2H5NOS.H3N/c2*1-4-2(3)5;/h2*1H3,(H2,3,5);1H3. The molecular formula is C4H13N3O2S2. The molecule has 0 unspecified atom stereocenters. The van der Waals surface area contributed by atoms with Crippen molar-refractivity contribution < 1.29 is 9.47 Å². The van der Waals surface area contributed by atoms with E-state index in [9.17, 15) is 0 Å². The van der Waals surface area contributed by atoms with Crippen molar-refractivity contribution in [3.8, 4) is 0 Å². The number of ether oxygens (including phenoxy) is 2. The largest absolute Gasteiger partial charge is 0.475 e. The maximum absolute atomic E-state index is 4.80. The average molecular weight is 199 g/mol. The van der Waals surface area contributed by atoms with Gasteiger partial charge in [0.05, 0.1) is 14.2 Å². The predicted octanol–water partition coefficient (Wildman–Crippen LogP) is -0.0852. The molecule has 0 saturated carbocycles. The quantitative estimate of drug-likeness (QED) is 0.468. The highest BCUT2D eigenvalue weighted by Crippen LogP contribution is 1.58. The topological polar surface area (TPSA) is 106 Å². The lowest BCUT2D eigenvalue weighted by atomic mass is 11.3. The molecule has 0 saturated heterocycles. The van der Waals surface area contributed by atoms with E-state index in [0.29, 0.717) is 0 Å². The Kier molecular flexibility index (Phi) is 18.4. The molecule has 0 aromatic carbocycles. The SMILES string of the molecule is COC(N)=S.COC(N)=S.N. The zero-order chi connectivity index (χ0) is 8.57. The second-order valence-corrected chi connectivity index (χ2v) is 1.85. The summed E-state index contributed by atoms with van der Waals surface area (Å²) < 4.78 is 8.52. The van der Waals surface area contributed by atoms with Crippen LogP contribution in [0, 0.1) is 0 Å². The molecular weight excluding hydrogens is 186 g/mol. The van der Waals surface area contributed by atoms with Gasteiger partial charge in [-0.05, 0) is 24.4 Å². The van der Waals surface area contributed by atoms with Crippen molar-refractivity contribution in [3.05, 3.63) is 0 Å². The van der Waals surface area contributed by atoms with Crippen LogP contribution in [0.3, 0.4) is 0 Å². The van der Waals surface area contributed by atoms with Gasteiger partial charge in [-0.15, -0.1) is 0 Å². The van der Waals surface area contributed by atoms with Crippen LogP contribution in [0.4, 0.5) is 0 Å². The third-order valence-electron chi connectivity index (χ3n) is 0.402. The van der Waals surface area contributed by atoms with Crippen molar-refractivity contribution in [3.63, 3.8) is 0 Å². The van der Waals surface area contributed by atoms with Gasteiger partial charge >= 0.3 is 0 Å². The monoisotopic (exact) mass is 199 g/mol. The minimum Gasteiger partial charge on any atom is -0.475 e. The molecule has 0 aromatic heterocycles. The molecule has 7 N–H and O–H groups in total. The van der Waals surface area contributed by atoms with Gasteiger partial charge in [-0.1, -0.05) is 0 Å². The Morgan fingerprint density at radius 3 is 1.09 bits per heavy atom. The number of thiocarbonyl (C=S) groups is 2. The Morgan fingerprint density at radius 1 is 1.00 bits per heavy atom. The molecule has 0 aromatic rings. The highest BCUT2D eigenvalue weighted by molar-refractivity contribution is 7.80. The first-order chi connectivity index (χ1) is 4.54. The second-order valence-electron chi connectivity index (χ2n) is 1.05. The van der Waals surface area contributed by atoms with Crippen LogP contribution in [-0.2, 0) is 9.47 Å². The zero-order valence-electron chi connectivity index (χ0n) is 6.49. The van der Waals surface area contributed by atoms with E-state index in [-0.39, 0.29) is 16.5 Å². The Morgan fingerprint density at radius 2 is 1.09 bits per heavy atom. The lowest BCUT2D eigenvalue weighted by Gasteiger charge is -1.85. The number of hydrogen-bond acceptors (Lipinski definition) is 5. The molecule has 0 radical (unpaired) electrons. The fourth-order valence-electron chi connectivity index (χ4n) is 0. The molecule has 7 heteroatoms. The highest BCUT2D eigenvalue weighted by atomic mass is 32.1. The van der Waals surface area contributed by atoms with Gasteiger partial charge in [-0.3, -0.25) is 0 Å². The molecule has 68 valence electrons. The molecule has 11 heavy (non-hydrogen) atoms. The van der Waals surface area contributed by atoms with E-state index in [4.69, 9.17) is 11.5 Å². The summed E-state index contributed by atoms with van der Waals surface area (Å²) in [5, 5.41) is 0.176. The smallest absolute Gasteiger partial charge is 0.253 e. The first-order valence-electron chi connectivity index (χ1n) is 2.21. The van der Waals surface area contributed by atoms with Crippen LogP contribution in [0.25, 0.3) is 0 Å². The van der Waals surface area contributed by atoms with E-state index < -0.39 is 0 Å². The molecule has 0 aliphatic heterocycles. The maximum Gasteiger partial charge on any atom is 0.253 e. The average Bonchev–Trinajstić information content (AvgIpc) is 1.89. The second kappa shape index (κ2) is 12.1. The Balaban J connectivity index is -0.000000107. The summed E-state index contributed by atoms with van der Waals surface area (Å²) in [5.41, 5.74) is 9.60. The number of rotatable bonds is 0. The van der Waals surface area contributed by atoms with Gasteiger partial charge < -0.3 is 27.1 Å². The Hall–Kier alpha value is -0.660. The van der Waals surface area contributed by atoms with E-state index in [1.807, 2.05) is 0 Å². The fourth-order valence-corrected chi connectivity index (χ4v) is 0. The van der Waals surface area contributed by atoms with E-state index in [0.717, 1.165) is 0 Å². The van der Waals surface area contributed by atoms with Gasteiger partial charge in [0.2, 0.25) is 0 Å². The summed E-state index contributed by atoms with van der Waals surface area (Å²) >= 11 is 8.50. The minimum atomic E-state index is 0. The van der Waals surface area contributed by atoms with Crippen LogP contribution in [0.5, 0.6) is 0 Å². The highest BCUT2D eigenvalue weighted by Gasteiger charge is 1.69. The molecule has 0 aliphatic rings. The summed E-state index contributed by atoms with van der Waals surface area (Å²) in [6.07, 6.45) is 0. The zero-order valence-corrected chi connectivity index (χ0v) is 8.13. The van der Waals surface area contributed by atoms with Gasteiger partial charge in [0.1, 0.15) is 0 Å². The van der Waals surface area contributed by atoms with E-state index in [1.54, 1.807) is 0 Å². The number of hydrogen-bond donors (Lipinski definition) is 3. The summed E-state index contributed by atoms with van der Waals surface area (Å²) in [6.45, 7) is 0. The molecule has 0 bridgehead atoms. The summed E-state index contributed by atoms with van der Waals surface area (Å²) in [5.74, 6) is 0. The van der Waals surface area contributed by atoms with Crippen LogP contribution in [0.15, 0.2) is 0 Å². The Bertz CT molecular complexity index is 106. The molecule has 0 heterocycles. The van der Waals surface area contributed by atoms with E-state index in [1.165, 1.54) is 14.2 Å². The first-order valence-corrected chi connectivity index (χ1v) is 3.03. The minimum absolute atomic E-state index is 0. The fraction of sp³-hybridized carbons (Fsp3) is 0.500. The maximum atomic E-state index is 4.80. The molecule has 0 atom stereocenters. The van der Waals surface area contributed by atoms with Crippen molar-refractivity contribution in [1.82, 2.24) is 6.15 Å². The van der Waals surface area contributed by atoms with E-state index >= 15 is 0 Å². The van der Waals surface area contributed by atoms with Crippen molar-refractivity contribution in [1.29, 1.82) is 0 Å². The molecule has 0 amide bonds. The summed E-state index contributed by atoms with van der Waals surface area (Å²) in [4.78, 5) is 0. The number of nitrogens with two attached hydrogens (primary N) is 2. The molecule has 0 spiro atoms. The molecule has 5 nitrogen and oxygen atoms in total. The molecule has 0 rings (SSSR count). The van der Waals surface area contributed by atoms with Crippen LogP contribution in [0.2, 0.25) is 0 Å². The predicted molar refractivity (Wildman–Crippen MR) is 52.6 cm³/mol. The van der Waals surface area contributed by atoms with Crippen molar-refractivity contribution >= 4 is 34.8 Å². The third-order valence-corrected chi connectivity index (χ3v) is 0.736. The van der Waals surface area contributed by atoms with Gasteiger partial charge in [0.25, 0.3) is 10.3 Å². The normalized spacial score (nSPS) is 6.00. The number of methoxy groups -OCH3 is 2. The first kappa shape index (κ1) is 16.7. The van der Waals surface area contributed by atoms with E-state index in [2.05, 4.69) is 33.9 Å². The Labute approximate surface area is 76.6 Å². The van der Waals surface area contributed by atoms with Crippen molar-refractivity contribution in [2.24, 2.45) is 11.5 Å². The van der Waals surface area contributed by atoms with Crippen molar-refractivity contribution in [2.75, 3.05) is 14.2 Å².